The van der Waals surface area contributed by atoms with Crippen LogP contribution in [0.25, 0.3) is 6.08 Å². The summed E-state index contributed by atoms with van der Waals surface area (Å²) in [5.41, 5.74) is 2.48. The first-order valence-electron chi connectivity index (χ1n) is 15.7. The van der Waals surface area contributed by atoms with E-state index in [-0.39, 0.29) is 35.4 Å². The van der Waals surface area contributed by atoms with Crippen molar-refractivity contribution >= 4 is 17.9 Å². The van der Waals surface area contributed by atoms with E-state index in [0.29, 0.717) is 32.5 Å². The van der Waals surface area contributed by atoms with Gasteiger partial charge in [0.15, 0.2) is 0 Å². The van der Waals surface area contributed by atoms with Crippen LogP contribution in [-0.2, 0) is 9.59 Å². The van der Waals surface area contributed by atoms with Crippen molar-refractivity contribution in [1.29, 1.82) is 0 Å². The molecule has 0 bridgehead atoms. The molecule has 0 unspecified atom stereocenters. The summed E-state index contributed by atoms with van der Waals surface area (Å²) in [6.45, 7) is 4.45. The van der Waals surface area contributed by atoms with E-state index < -0.39 is 11.6 Å². The lowest BCUT2D eigenvalue weighted by Gasteiger charge is -2.31. The molecule has 0 radical (unpaired) electrons. The van der Waals surface area contributed by atoms with Gasteiger partial charge in [-0.25, -0.2) is 8.78 Å². The fourth-order valence-corrected chi connectivity index (χ4v) is 6.20. The van der Waals surface area contributed by atoms with Crippen molar-refractivity contribution < 1.29 is 18.4 Å². The van der Waals surface area contributed by atoms with E-state index in [9.17, 15) is 18.4 Å². The van der Waals surface area contributed by atoms with Crippen molar-refractivity contribution in [2.45, 2.75) is 50.1 Å². The molecular formula is C36H42F2N4O2. The number of amides is 2. The number of hydrogen-bond donors (Lipinski definition) is 2. The van der Waals surface area contributed by atoms with E-state index in [1.54, 1.807) is 0 Å². The summed E-state index contributed by atoms with van der Waals surface area (Å²) in [6.07, 6.45) is 7.61. The normalized spacial score (nSPS) is 19.8. The third kappa shape index (κ3) is 8.83. The smallest absolute Gasteiger partial charge is 0.244 e. The van der Waals surface area contributed by atoms with Gasteiger partial charge in [-0.2, -0.15) is 0 Å². The molecule has 6 nitrogen and oxygen atoms in total. The van der Waals surface area contributed by atoms with Gasteiger partial charge in [0.25, 0.3) is 0 Å². The first kappa shape index (κ1) is 31.5. The van der Waals surface area contributed by atoms with Gasteiger partial charge in [-0.3, -0.25) is 9.59 Å². The van der Waals surface area contributed by atoms with Crippen molar-refractivity contribution in [3.05, 3.63) is 113 Å². The highest BCUT2D eigenvalue weighted by atomic mass is 19.1. The lowest BCUT2D eigenvalue weighted by Crippen LogP contribution is -2.50. The minimum Gasteiger partial charge on any atom is -0.351 e. The minimum atomic E-state index is -0.723. The van der Waals surface area contributed by atoms with Crippen LogP contribution in [-0.4, -0.2) is 73.0 Å². The maximum absolute atomic E-state index is 14.1. The molecule has 3 aromatic carbocycles. The third-order valence-electron chi connectivity index (χ3n) is 8.68. The Morgan fingerprint density at radius 1 is 0.932 bits per heavy atom. The summed E-state index contributed by atoms with van der Waals surface area (Å²) < 4.78 is 27.2. The van der Waals surface area contributed by atoms with Gasteiger partial charge in [-0.05, 0) is 68.1 Å². The average Bonchev–Trinajstić information content (AvgIpc) is 3.20. The number of hydrogen-bond acceptors (Lipinski definition) is 4. The van der Waals surface area contributed by atoms with Gasteiger partial charge in [0.1, 0.15) is 11.6 Å². The largest absolute Gasteiger partial charge is 0.351 e. The summed E-state index contributed by atoms with van der Waals surface area (Å²) in [5.74, 6) is -1.63. The molecule has 44 heavy (non-hydrogen) atoms. The number of nitrogens with one attached hydrogen (secondary N) is 2. The quantitative estimate of drug-likeness (QED) is 0.291. The first-order chi connectivity index (χ1) is 21.5. The number of carbonyl (C=O) groups is 2. The van der Waals surface area contributed by atoms with Crippen LogP contribution < -0.4 is 10.6 Å². The van der Waals surface area contributed by atoms with Crippen LogP contribution in [0.1, 0.15) is 54.7 Å². The molecule has 2 aliphatic heterocycles. The summed E-state index contributed by atoms with van der Waals surface area (Å²) in [4.78, 5) is 31.2. The van der Waals surface area contributed by atoms with Crippen molar-refractivity contribution in [1.82, 2.24) is 20.4 Å². The molecule has 8 heteroatoms. The van der Waals surface area contributed by atoms with E-state index in [0.717, 1.165) is 31.8 Å². The molecule has 232 valence electrons. The zero-order valence-electron chi connectivity index (χ0n) is 25.1. The van der Waals surface area contributed by atoms with Crippen molar-refractivity contribution in [2.75, 3.05) is 39.3 Å². The van der Waals surface area contributed by atoms with Crippen LogP contribution in [0, 0.1) is 11.6 Å². The number of rotatable bonds is 11. The Morgan fingerprint density at radius 2 is 1.61 bits per heavy atom. The van der Waals surface area contributed by atoms with E-state index in [1.165, 1.54) is 48.6 Å². The number of piperidine rings is 1. The van der Waals surface area contributed by atoms with Crippen LogP contribution in [0.5, 0.6) is 0 Å². The Kier molecular flexibility index (Phi) is 11.3. The molecule has 0 saturated carbocycles. The highest BCUT2D eigenvalue weighted by Gasteiger charge is 2.33. The standard InChI is InChI=1S/C36H42F2N4O2/c37-30-16-14-29(33(38)24-30)15-17-35(43)39-25-31-18-23-42(36(44)34(40-31)19-22-41-20-8-3-9-21-41)26-32(27-10-4-1-5-11-27)28-12-6-2-7-13-28/h1-2,4-7,10-17,24,31-32,34,40H,3,8-9,18-23,25-26H2,(H,39,43)/t31-,34-/m0/s1. The predicted octanol–water partition coefficient (Wildman–Crippen LogP) is 5.36. The molecule has 2 N–H and O–H groups in total. The summed E-state index contributed by atoms with van der Waals surface area (Å²) in [7, 11) is 0. The highest BCUT2D eigenvalue weighted by molar-refractivity contribution is 5.91. The number of likely N-dealkylation sites (tertiary alicyclic amines) is 1. The summed E-state index contributed by atoms with van der Waals surface area (Å²) >= 11 is 0. The molecule has 0 spiro atoms. The van der Waals surface area contributed by atoms with E-state index in [4.69, 9.17) is 0 Å². The number of halogens is 2. The van der Waals surface area contributed by atoms with Crippen LogP contribution in [0.3, 0.4) is 0 Å². The minimum absolute atomic E-state index is 0.0392. The molecule has 3 aromatic rings. The van der Waals surface area contributed by atoms with Gasteiger partial charge >= 0.3 is 0 Å². The molecule has 2 saturated heterocycles. The predicted molar refractivity (Wildman–Crippen MR) is 170 cm³/mol. The maximum Gasteiger partial charge on any atom is 0.244 e. The molecule has 2 atom stereocenters. The second kappa shape index (κ2) is 15.7. The van der Waals surface area contributed by atoms with Gasteiger partial charge in [0.05, 0.1) is 6.04 Å². The summed E-state index contributed by atoms with van der Waals surface area (Å²) in [6, 6.07) is 23.4. The second-order valence-corrected chi connectivity index (χ2v) is 11.8. The van der Waals surface area contributed by atoms with Gasteiger partial charge in [0, 0.05) is 55.8 Å². The Morgan fingerprint density at radius 3 is 2.27 bits per heavy atom. The van der Waals surface area contributed by atoms with Crippen molar-refractivity contribution in [2.24, 2.45) is 0 Å². The lowest BCUT2D eigenvalue weighted by atomic mass is 9.90. The molecule has 0 aliphatic carbocycles. The topological polar surface area (TPSA) is 64.7 Å². The Bertz CT molecular complexity index is 1360. The van der Waals surface area contributed by atoms with E-state index in [1.807, 2.05) is 41.3 Å². The molecular weight excluding hydrogens is 558 g/mol. The van der Waals surface area contributed by atoms with Crippen molar-refractivity contribution in [3.8, 4) is 0 Å². The maximum atomic E-state index is 14.1. The zero-order chi connectivity index (χ0) is 30.7. The third-order valence-corrected chi connectivity index (χ3v) is 8.68. The van der Waals surface area contributed by atoms with Gasteiger partial charge in [-0.15, -0.1) is 0 Å². The SMILES string of the molecule is O=C(C=Cc1ccc(F)cc1F)NC[C@@H]1CCN(CC(c2ccccc2)c2ccccc2)C(=O)[C@H](CCN2CCCCC2)N1. The lowest BCUT2D eigenvalue weighted by molar-refractivity contribution is -0.133. The number of carbonyl (C=O) groups excluding carboxylic acids is 2. The van der Waals surface area contributed by atoms with Crippen molar-refractivity contribution in [3.63, 3.8) is 0 Å². The monoisotopic (exact) mass is 600 g/mol. The fraction of sp³-hybridized carbons (Fsp3) is 0.389. The van der Waals surface area contributed by atoms with Crippen LogP contribution in [0.4, 0.5) is 8.78 Å². The van der Waals surface area contributed by atoms with Gasteiger partial charge in [-0.1, -0.05) is 67.1 Å². The molecule has 2 heterocycles. The molecule has 5 rings (SSSR count). The van der Waals surface area contributed by atoms with Gasteiger partial charge < -0.3 is 20.4 Å². The first-order valence-corrected chi connectivity index (χ1v) is 15.7. The van der Waals surface area contributed by atoms with E-state index in [2.05, 4.69) is 39.8 Å². The molecule has 2 fully saturated rings. The second-order valence-electron chi connectivity index (χ2n) is 11.8. The highest BCUT2D eigenvalue weighted by Crippen LogP contribution is 2.27. The van der Waals surface area contributed by atoms with Crippen LogP contribution in [0.15, 0.2) is 84.9 Å². The Balaban J connectivity index is 1.28. The number of benzene rings is 3. The zero-order valence-corrected chi connectivity index (χ0v) is 25.1. The van der Waals surface area contributed by atoms with Crippen LogP contribution >= 0.6 is 0 Å². The Labute approximate surface area is 259 Å². The van der Waals surface area contributed by atoms with E-state index >= 15 is 0 Å². The van der Waals surface area contributed by atoms with Crippen LogP contribution in [0.2, 0.25) is 0 Å². The summed E-state index contributed by atoms with van der Waals surface area (Å²) in [5, 5.41) is 6.48. The number of nitrogens with zero attached hydrogens (tertiary/aromatic N) is 2. The Hall–Kier alpha value is -3.88. The molecule has 2 amide bonds. The fourth-order valence-electron chi connectivity index (χ4n) is 6.20. The molecule has 2 aliphatic rings. The molecule has 0 aromatic heterocycles. The average molecular weight is 601 g/mol. The van der Waals surface area contributed by atoms with Gasteiger partial charge in [0.2, 0.25) is 11.8 Å².